The van der Waals surface area contributed by atoms with E-state index in [-0.39, 0.29) is 11.9 Å². The summed E-state index contributed by atoms with van der Waals surface area (Å²) in [6.45, 7) is 2.88. The summed E-state index contributed by atoms with van der Waals surface area (Å²) in [5.74, 6) is 0.126. The summed E-state index contributed by atoms with van der Waals surface area (Å²) >= 11 is 1.68. The Morgan fingerprint density at radius 1 is 1.71 bits per heavy atom. The normalized spacial score (nSPS) is 21.4. The minimum Gasteiger partial charge on any atom is -0.378 e. The van der Waals surface area contributed by atoms with Crippen LogP contribution in [0.25, 0.3) is 0 Å². The van der Waals surface area contributed by atoms with Crippen molar-refractivity contribution in [3.8, 4) is 0 Å². The Morgan fingerprint density at radius 2 is 2.59 bits per heavy atom. The van der Waals surface area contributed by atoms with Crippen molar-refractivity contribution in [3.05, 3.63) is 22.4 Å². The largest absolute Gasteiger partial charge is 0.378 e. The van der Waals surface area contributed by atoms with E-state index in [0.717, 1.165) is 25.9 Å². The number of carbonyl (C=O) groups excluding carboxylic acids is 1. The van der Waals surface area contributed by atoms with Gasteiger partial charge in [-0.15, -0.1) is 11.3 Å². The van der Waals surface area contributed by atoms with Gasteiger partial charge in [0.15, 0.2) is 0 Å². The predicted molar refractivity (Wildman–Crippen MR) is 69.1 cm³/mol. The van der Waals surface area contributed by atoms with Crippen molar-refractivity contribution >= 4 is 17.2 Å². The van der Waals surface area contributed by atoms with Gasteiger partial charge in [-0.2, -0.15) is 0 Å². The molecule has 1 saturated heterocycles. The number of hydrogen-bond donors (Lipinski definition) is 1. The molecule has 1 aliphatic heterocycles. The first-order valence-electron chi connectivity index (χ1n) is 6.20. The Labute approximate surface area is 106 Å². The van der Waals surface area contributed by atoms with Gasteiger partial charge in [-0.1, -0.05) is 6.07 Å². The lowest BCUT2D eigenvalue weighted by Crippen LogP contribution is -2.26. The van der Waals surface area contributed by atoms with Crippen molar-refractivity contribution in [2.45, 2.75) is 44.8 Å². The van der Waals surface area contributed by atoms with Gasteiger partial charge in [0.2, 0.25) is 5.91 Å². The molecular formula is C13H19NO2S. The van der Waals surface area contributed by atoms with Crippen LogP contribution in [0.4, 0.5) is 0 Å². The molecule has 2 heterocycles. The van der Waals surface area contributed by atoms with E-state index in [9.17, 15) is 4.79 Å². The molecule has 2 rings (SSSR count). The quantitative estimate of drug-likeness (QED) is 0.876. The van der Waals surface area contributed by atoms with Crippen LogP contribution in [0.3, 0.4) is 0 Å². The summed E-state index contributed by atoms with van der Waals surface area (Å²) in [5, 5.41) is 5.05. The fourth-order valence-corrected chi connectivity index (χ4v) is 2.82. The topological polar surface area (TPSA) is 38.3 Å². The van der Waals surface area contributed by atoms with Crippen LogP contribution in [-0.4, -0.2) is 18.6 Å². The number of nitrogens with one attached hydrogen (secondary N) is 1. The summed E-state index contributed by atoms with van der Waals surface area (Å²) < 4.78 is 5.50. The Kier molecular flexibility index (Phi) is 4.57. The van der Waals surface area contributed by atoms with Gasteiger partial charge in [0.05, 0.1) is 12.1 Å². The van der Waals surface area contributed by atoms with Crippen LogP contribution in [0.1, 0.15) is 43.5 Å². The monoisotopic (exact) mass is 253 g/mol. The van der Waals surface area contributed by atoms with Gasteiger partial charge in [0, 0.05) is 17.9 Å². The molecule has 17 heavy (non-hydrogen) atoms. The predicted octanol–water partition coefficient (Wildman–Crippen LogP) is 2.88. The minimum atomic E-state index is 0.118. The van der Waals surface area contributed by atoms with Gasteiger partial charge < -0.3 is 10.1 Å². The average molecular weight is 253 g/mol. The van der Waals surface area contributed by atoms with E-state index in [1.54, 1.807) is 11.3 Å². The maximum Gasteiger partial charge on any atom is 0.220 e. The highest BCUT2D eigenvalue weighted by Crippen LogP contribution is 2.19. The highest BCUT2D eigenvalue weighted by atomic mass is 32.1. The molecular weight excluding hydrogens is 234 g/mol. The van der Waals surface area contributed by atoms with Crippen molar-refractivity contribution < 1.29 is 9.53 Å². The van der Waals surface area contributed by atoms with E-state index in [4.69, 9.17) is 4.74 Å². The fraction of sp³-hybridized carbons (Fsp3) is 0.615. The number of thiophene rings is 1. The van der Waals surface area contributed by atoms with Crippen molar-refractivity contribution in [2.24, 2.45) is 0 Å². The van der Waals surface area contributed by atoms with Crippen LogP contribution in [0.15, 0.2) is 17.5 Å². The first-order valence-corrected chi connectivity index (χ1v) is 7.08. The van der Waals surface area contributed by atoms with Crippen molar-refractivity contribution in [1.29, 1.82) is 0 Å². The molecule has 1 N–H and O–H groups in total. The van der Waals surface area contributed by atoms with E-state index < -0.39 is 0 Å². The Hall–Kier alpha value is -0.870. The van der Waals surface area contributed by atoms with Crippen LogP contribution in [0, 0.1) is 0 Å². The van der Waals surface area contributed by atoms with Gasteiger partial charge in [-0.3, -0.25) is 4.79 Å². The van der Waals surface area contributed by atoms with Gasteiger partial charge in [-0.05, 0) is 37.6 Å². The van der Waals surface area contributed by atoms with Crippen LogP contribution in [0.5, 0.6) is 0 Å². The van der Waals surface area contributed by atoms with Gasteiger partial charge in [0.25, 0.3) is 0 Å². The molecule has 0 aliphatic carbocycles. The highest BCUT2D eigenvalue weighted by Gasteiger charge is 2.17. The highest BCUT2D eigenvalue weighted by molar-refractivity contribution is 7.10. The molecule has 0 bridgehead atoms. The lowest BCUT2D eigenvalue weighted by molar-refractivity contribution is -0.122. The third-order valence-electron chi connectivity index (χ3n) is 3.06. The zero-order valence-corrected chi connectivity index (χ0v) is 11.0. The van der Waals surface area contributed by atoms with E-state index >= 15 is 0 Å². The zero-order chi connectivity index (χ0) is 12.1. The Balaban J connectivity index is 1.69. The molecule has 2 atom stereocenters. The smallest absolute Gasteiger partial charge is 0.220 e. The lowest BCUT2D eigenvalue weighted by atomic mass is 10.1. The first kappa shape index (κ1) is 12.6. The molecule has 0 spiro atoms. The van der Waals surface area contributed by atoms with E-state index in [1.165, 1.54) is 4.88 Å². The summed E-state index contributed by atoms with van der Waals surface area (Å²) in [7, 11) is 0. The minimum absolute atomic E-state index is 0.118. The van der Waals surface area contributed by atoms with Crippen molar-refractivity contribution in [2.75, 3.05) is 6.61 Å². The van der Waals surface area contributed by atoms with Crippen molar-refractivity contribution in [3.63, 3.8) is 0 Å². The maximum absolute atomic E-state index is 11.7. The molecule has 0 aromatic carbocycles. The SMILES string of the molecule is C[C@H](NC(=O)CC[C@H]1CCCO1)c1cccs1. The maximum atomic E-state index is 11.7. The number of rotatable bonds is 5. The van der Waals surface area contributed by atoms with Crippen LogP contribution in [-0.2, 0) is 9.53 Å². The molecule has 0 saturated carbocycles. The van der Waals surface area contributed by atoms with Gasteiger partial charge in [0.1, 0.15) is 0 Å². The summed E-state index contributed by atoms with van der Waals surface area (Å²) in [5.41, 5.74) is 0. The summed E-state index contributed by atoms with van der Waals surface area (Å²) in [4.78, 5) is 12.9. The van der Waals surface area contributed by atoms with E-state index in [0.29, 0.717) is 12.5 Å². The lowest BCUT2D eigenvalue weighted by Gasteiger charge is -2.13. The Morgan fingerprint density at radius 3 is 3.24 bits per heavy atom. The molecule has 3 nitrogen and oxygen atoms in total. The van der Waals surface area contributed by atoms with Crippen LogP contribution in [0.2, 0.25) is 0 Å². The molecule has 1 amide bonds. The van der Waals surface area contributed by atoms with E-state index in [2.05, 4.69) is 11.4 Å². The summed E-state index contributed by atoms with van der Waals surface area (Å²) in [6, 6.07) is 4.18. The number of carbonyl (C=O) groups is 1. The third kappa shape index (κ3) is 3.82. The molecule has 0 unspecified atom stereocenters. The third-order valence-corrected chi connectivity index (χ3v) is 4.12. The summed E-state index contributed by atoms with van der Waals surface area (Å²) in [6.07, 6.45) is 3.97. The molecule has 1 aromatic heterocycles. The molecule has 94 valence electrons. The fourth-order valence-electron chi connectivity index (χ4n) is 2.09. The second-order valence-electron chi connectivity index (χ2n) is 4.48. The van der Waals surface area contributed by atoms with Gasteiger partial charge in [-0.25, -0.2) is 0 Å². The molecule has 1 aliphatic rings. The second-order valence-corrected chi connectivity index (χ2v) is 5.46. The molecule has 4 heteroatoms. The molecule has 1 fully saturated rings. The van der Waals surface area contributed by atoms with Crippen LogP contribution >= 0.6 is 11.3 Å². The standard InChI is InChI=1S/C13H19NO2S/c1-10(12-5-3-9-17-12)14-13(15)7-6-11-4-2-8-16-11/h3,5,9-11H,2,4,6-8H2,1H3,(H,14,15)/t10-,11+/m0/s1. The van der Waals surface area contributed by atoms with E-state index in [1.807, 2.05) is 18.4 Å². The molecule has 0 radical (unpaired) electrons. The van der Waals surface area contributed by atoms with Crippen molar-refractivity contribution in [1.82, 2.24) is 5.32 Å². The zero-order valence-electron chi connectivity index (χ0n) is 10.1. The average Bonchev–Trinajstić information content (AvgIpc) is 2.99. The number of amides is 1. The number of hydrogen-bond acceptors (Lipinski definition) is 3. The molecule has 1 aromatic rings. The second kappa shape index (κ2) is 6.17. The van der Waals surface area contributed by atoms with Gasteiger partial charge >= 0.3 is 0 Å². The Bertz CT molecular complexity index is 344. The van der Waals surface area contributed by atoms with Crippen LogP contribution < -0.4 is 5.32 Å². The number of ether oxygens (including phenoxy) is 1. The first-order chi connectivity index (χ1) is 8.25.